The van der Waals surface area contributed by atoms with Crippen LogP contribution in [0, 0.1) is 0 Å². The lowest BCUT2D eigenvalue weighted by atomic mass is 10.1. The van der Waals surface area contributed by atoms with Gasteiger partial charge in [0.1, 0.15) is 0 Å². The summed E-state index contributed by atoms with van der Waals surface area (Å²) in [5, 5.41) is 8.98. The fraction of sp³-hybridized carbons (Fsp3) is 1.00. The van der Waals surface area contributed by atoms with Crippen LogP contribution in [0.2, 0.25) is 0 Å². The van der Waals surface area contributed by atoms with Crippen LogP contribution in [0.25, 0.3) is 0 Å². The number of unbranched alkanes of at least 4 members (excludes halogenated alkanes) is 4. The third-order valence-corrected chi connectivity index (χ3v) is 4.00. The van der Waals surface area contributed by atoms with E-state index < -0.39 is 0 Å². The molecule has 0 amide bonds. The first kappa shape index (κ1) is 21.7. The molecule has 0 aliphatic carbocycles. The number of hydrogen-bond acceptors (Lipinski definition) is 1. The van der Waals surface area contributed by atoms with Gasteiger partial charge in [0.25, 0.3) is 0 Å². The SMILES string of the molecule is CCCC[N+](CCCC)(CCCC)CCCCO.[Br-]. The van der Waals surface area contributed by atoms with Gasteiger partial charge in [-0.05, 0) is 32.1 Å². The maximum Gasteiger partial charge on any atom is 0.0787 e. The molecule has 0 rings (SSSR count). The molecule has 2 nitrogen and oxygen atoms in total. The van der Waals surface area contributed by atoms with Crippen LogP contribution in [0.4, 0.5) is 0 Å². The molecule has 0 aliphatic heterocycles. The molecule has 0 atom stereocenters. The largest absolute Gasteiger partial charge is 1.00 e. The van der Waals surface area contributed by atoms with E-state index in [0.29, 0.717) is 6.61 Å². The zero-order valence-electron chi connectivity index (χ0n) is 13.5. The Balaban J connectivity index is 0. The fourth-order valence-electron chi connectivity index (χ4n) is 2.71. The van der Waals surface area contributed by atoms with Crippen molar-refractivity contribution in [1.29, 1.82) is 0 Å². The van der Waals surface area contributed by atoms with E-state index in [1.165, 1.54) is 75.6 Å². The predicted octanol–water partition coefficient (Wildman–Crippen LogP) is 0.980. The van der Waals surface area contributed by atoms with E-state index in [2.05, 4.69) is 20.8 Å². The van der Waals surface area contributed by atoms with E-state index in [1.54, 1.807) is 0 Å². The standard InChI is InChI=1S/C16H36NO.BrH/c1-4-7-12-17(13-8-5-2,14-9-6-3)15-10-11-16-18;/h18H,4-16H2,1-3H3;1H/q+1;/p-1. The number of halogens is 1. The molecule has 0 radical (unpaired) electrons. The highest BCUT2D eigenvalue weighted by atomic mass is 79.9. The lowest BCUT2D eigenvalue weighted by Crippen LogP contribution is -3.00. The summed E-state index contributed by atoms with van der Waals surface area (Å²) in [6, 6.07) is 0. The second-order valence-electron chi connectivity index (χ2n) is 5.73. The van der Waals surface area contributed by atoms with Crippen molar-refractivity contribution >= 4 is 0 Å². The third-order valence-electron chi connectivity index (χ3n) is 4.00. The topological polar surface area (TPSA) is 20.2 Å². The Kier molecular flexibility index (Phi) is 16.9. The van der Waals surface area contributed by atoms with Crippen molar-refractivity contribution < 1.29 is 26.6 Å². The third kappa shape index (κ3) is 10.8. The zero-order chi connectivity index (χ0) is 13.7. The van der Waals surface area contributed by atoms with Crippen LogP contribution < -0.4 is 17.0 Å². The number of aliphatic hydroxyl groups is 1. The summed E-state index contributed by atoms with van der Waals surface area (Å²) in [5.41, 5.74) is 0. The highest BCUT2D eigenvalue weighted by Crippen LogP contribution is 2.16. The Bertz CT molecular complexity index is 154. The van der Waals surface area contributed by atoms with Gasteiger partial charge in [-0.15, -0.1) is 0 Å². The molecule has 118 valence electrons. The first-order chi connectivity index (χ1) is 8.74. The van der Waals surface area contributed by atoms with Crippen LogP contribution in [0.15, 0.2) is 0 Å². The molecule has 3 heteroatoms. The van der Waals surface area contributed by atoms with Gasteiger partial charge in [0.2, 0.25) is 0 Å². The first-order valence-electron chi connectivity index (χ1n) is 8.20. The van der Waals surface area contributed by atoms with Gasteiger partial charge in [-0.2, -0.15) is 0 Å². The van der Waals surface area contributed by atoms with E-state index in [9.17, 15) is 0 Å². The summed E-state index contributed by atoms with van der Waals surface area (Å²) < 4.78 is 1.32. The van der Waals surface area contributed by atoms with Gasteiger partial charge in [-0.3, -0.25) is 0 Å². The van der Waals surface area contributed by atoms with Crippen molar-refractivity contribution in [3.8, 4) is 0 Å². The number of aliphatic hydroxyl groups excluding tert-OH is 1. The molecule has 0 bridgehead atoms. The predicted molar refractivity (Wildman–Crippen MR) is 80.8 cm³/mol. The zero-order valence-corrected chi connectivity index (χ0v) is 15.1. The fourth-order valence-corrected chi connectivity index (χ4v) is 2.71. The monoisotopic (exact) mass is 337 g/mol. The Hall–Kier alpha value is 0.400. The van der Waals surface area contributed by atoms with Gasteiger partial charge < -0.3 is 26.6 Å². The molecule has 0 saturated carbocycles. The Labute approximate surface area is 131 Å². The smallest absolute Gasteiger partial charge is 0.0787 e. The van der Waals surface area contributed by atoms with E-state index >= 15 is 0 Å². The van der Waals surface area contributed by atoms with Crippen molar-refractivity contribution in [3.05, 3.63) is 0 Å². The van der Waals surface area contributed by atoms with E-state index in [-0.39, 0.29) is 17.0 Å². The van der Waals surface area contributed by atoms with Gasteiger partial charge >= 0.3 is 0 Å². The average molecular weight is 338 g/mol. The lowest BCUT2D eigenvalue weighted by molar-refractivity contribution is -0.929. The Morgan fingerprint density at radius 3 is 1.32 bits per heavy atom. The van der Waals surface area contributed by atoms with Gasteiger partial charge in [0.15, 0.2) is 0 Å². The van der Waals surface area contributed by atoms with Crippen LogP contribution >= 0.6 is 0 Å². The first-order valence-corrected chi connectivity index (χ1v) is 8.20. The molecular weight excluding hydrogens is 302 g/mol. The molecule has 0 aromatic heterocycles. The quantitative estimate of drug-likeness (QED) is 0.392. The highest BCUT2D eigenvalue weighted by molar-refractivity contribution is 4.50. The van der Waals surface area contributed by atoms with Crippen LogP contribution in [0.1, 0.15) is 72.1 Å². The van der Waals surface area contributed by atoms with Crippen molar-refractivity contribution in [3.63, 3.8) is 0 Å². The molecule has 0 saturated heterocycles. The summed E-state index contributed by atoms with van der Waals surface area (Å²) in [4.78, 5) is 0. The summed E-state index contributed by atoms with van der Waals surface area (Å²) >= 11 is 0. The molecule has 0 fully saturated rings. The highest BCUT2D eigenvalue weighted by Gasteiger charge is 2.24. The summed E-state index contributed by atoms with van der Waals surface area (Å²) in [5.74, 6) is 0. The molecule has 0 spiro atoms. The normalized spacial score (nSPS) is 11.4. The maximum absolute atomic E-state index is 8.98. The van der Waals surface area contributed by atoms with E-state index in [4.69, 9.17) is 5.11 Å². The molecule has 0 aromatic rings. The molecule has 1 N–H and O–H groups in total. The molecule has 0 aromatic carbocycles. The number of hydrogen-bond donors (Lipinski definition) is 1. The number of nitrogens with zero attached hydrogens (tertiary/aromatic N) is 1. The van der Waals surface area contributed by atoms with Gasteiger partial charge in [-0.1, -0.05) is 40.0 Å². The minimum absolute atomic E-state index is 0. The van der Waals surface area contributed by atoms with Crippen LogP contribution in [-0.2, 0) is 0 Å². The molecular formula is C16H36BrNO. The second kappa shape index (κ2) is 14.8. The van der Waals surface area contributed by atoms with Gasteiger partial charge in [0.05, 0.1) is 26.2 Å². The Morgan fingerprint density at radius 2 is 1.00 bits per heavy atom. The van der Waals surface area contributed by atoms with Crippen LogP contribution in [0.3, 0.4) is 0 Å². The van der Waals surface area contributed by atoms with Crippen molar-refractivity contribution in [2.24, 2.45) is 0 Å². The minimum atomic E-state index is 0. The molecule has 19 heavy (non-hydrogen) atoms. The number of rotatable bonds is 13. The Morgan fingerprint density at radius 1 is 0.632 bits per heavy atom. The number of quaternary nitrogens is 1. The summed E-state index contributed by atoms with van der Waals surface area (Å²) in [6.07, 6.45) is 10.1. The second-order valence-corrected chi connectivity index (χ2v) is 5.73. The molecule has 0 aliphatic rings. The van der Waals surface area contributed by atoms with Crippen LogP contribution in [0.5, 0.6) is 0 Å². The molecule has 0 heterocycles. The van der Waals surface area contributed by atoms with Gasteiger partial charge in [0, 0.05) is 6.61 Å². The van der Waals surface area contributed by atoms with E-state index in [1.807, 2.05) is 0 Å². The lowest BCUT2D eigenvalue weighted by Gasteiger charge is -2.39. The van der Waals surface area contributed by atoms with Crippen LogP contribution in [-0.4, -0.2) is 42.4 Å². The van der Waals surface area contributed by atoms with E-state index in [0.717, 1.165) is 6.42 Å². The van der Waals surface area contributed by atoms with Gasteiger partial charge in [-0.25, -0.2) is 0 Å². The summed E-state index contributed by atoms with van der Waals surface area (Å²) in [6.45, 7) is 12.6. The molecule has 0 unspecified atom stereocenters. The van der Waals surface area contributed by atoms with Crippen molar-refractivity contribution in [2.75, 3.05) is 32.8 Å². The summed E-state index contributed by atoms with van der Waals surface area (Å²) in [7, 11) is 0. The maximum atomic E-state index is 8.98. The van der Waals surface area contributed by atoms with Crippen molar-refractivity contribution in [1.82, 2.24) is 0 Å². The average Bonchev–Trinajstić information content (AvgIpc) is 2.40. The van der Waals surface area contributed by atoms with Crippen molar-refractivity contribution in [2.45, 2.75) is 72.1 Å². The minimum Gasteiger partial charge on any atom is -1.00 e.